The molecule has 0 fully saturated rings. The van der Waals surface area contributed by atoms with Gasteiger partial charge in [0.05, 0.1) is 17.8 Å². The number of aromatic nitrogens is 4. The molecule has 1 aliphatic heterocycles. The molecular weight excluding hydrogens is 371 g/mol. The zero-order chi connectivity index (χ0) is 20.5. The van der Waals surface area contributed by atoms with Gasteiger partial charge in [0.25, 0.3) is 5.56 Å². The van der Waals surface area contributed by atoms with E-state index < -0.39 is 0 Å². The van der Waals surface area contributed by atoms with Crippen LogP contribution in [0.4, 0.5) is 16.2 Å². The number of rotatable bonds is 5. The molecule has 0 aliphatic carbocycles. The van der Waals surface area contributed by atoms with Gasteiger partial charge >= 0.3 is 0 Å². The van der Waals surface area contributed by atoms with Crippen molar-refractivity contribution < 1.29 is 4.39 Å². The fraction of sp³-hybridized carbons (Fsp3) is 0.286. The summed E-state index contributed by atoms with van der Waals surface area (Å²) < 4.78 is 13.6. The highest BCUT2D eigenvalue weighted by Gasteiger charge is 2.17. The van der Waals surface area contributed by atoms with Crippen molar-refractivity contribution in [1.29, 1.82) is 0 Å². The monoisotopic (exact) mass is 394 g/mol. The molecule has 0 unspecified atom stereocenters. The predicted octanol–water partition coefficient (Wildman–Crippen LogP) is 3.62. The van der Waals surface area contributed by atoms with Gasteiger partial charge in [-0.2, -0.15) is 0 Å². The van der Waals surface area contributed by atoms with Gasteiger partial charge in [-0.15, -0.1) is 0 Å². The van der Waals surface area contributed by atoms with E-state index in [2.05, 4.69) is 30.6 Å². The SMILES string of the molecule is Cc1nc(-c2cnc(NC(C)C)[nH]c2=O)ccc1Cc1c[nH]c2c1C=C(F)CN2. The highest BCUT2D eigenvalue weighted by Crippen LogP contribution is 2.29. The summed E-state index contributed by atoms with van der Waals surface area (Å²) in [6.07, 6.45) is 5.59. The summed E-state index contributed by atoms with van der Waals surface area (Å²) in [5, 5.41) is 6.09. The van der Waals surface area contributed by atoms with Gasteiger partial charge in [-0.05, 0) is 44.0 Å². The van der Waals surface area contributed by atoms with Crippen molar-refractivity contribution in [2.75, 3.05) is 17.2 Å². The summed E-state index contributed by atoms with van der Waals surface area (Å²) >= 11 is 0. The topological polar surface area (TPSA) is 98.5 Å². The van der Waals surface area contributed by atoms with E-state index in [1.165, 1.54) is 6.20 Å². The van der Waals surface area contributed by atoms with Crippen molar-refractivity contribution in [3.8, 4) is 11.3 Å². The third-order valence-corrected chi connectivity index (χ3v) is 4.82. The summed E-state index contributed by atoms with van der Waals surface area (Å²) in [7, 11) is 0. The molecule has 8 heteroatoms. The van der Waals surface area contributed by atoms with Crippen molar-refractivity contribution >= 4 is 17.8 Å². The zero-order valence-corrected chi connectivity index (χ0v) is 16.6. The highest BCUT2D eigenvalue weighted by molar-refractivity contribution is 5.72. The van der Waals surface area contributed by atoms with Crippen LogP contribution in [0.2, 0.25) is 0 Å². The lowest BCUT2D eigenvalue weighted by molar-refractivity contribution is 0.631. The first-order valence-corrected chi connectivity index (χ1v) is 9.53. The van der Waals surface area contributed by atoms with E-state index in [-0.39, 0.29) is 24.0 Å². The number of aryl methyl sites for hydroxylation is 1. The van der Waals surface area contributed by atoms with Gasteiger partial charge in [-0.25, -0.2) is 9.37 Å². The number of aromatic amines is 2. The van der Waals surface area contributed by atoms with Crippen molar-refractivity contribution in [1.82, 2.24) is 19.9 Å². The van der Waals surface area contributed by atoms with Crippen molar-refractivity contribution in [3.05, 3.63) is 63.1 Å². The molecule has 3 aromatic heterocycles. The van der Waals surface area contributed by atoms with Gasteiger partial charge in [-0.3, -0.25) is 14.8 Å². The average molecular weight is 394 g/mol. The molecule has 150 valence electrons. The second-order valence-corrected chi connectivity index (χ2v) is 7.44. The summed E-state index contributed by atoms with van der Waals surface area (Å²) in [5.74, 6) is 1.08. The van der Waals surface area contributed by atoms with E-state index in [4.69, 9.17) is 0 Å². The third-order valence-electron chi connectivity index (χ3n) is 4.82. The van der Waals surface area contributed by atoms with Crippen LogP contribution in [0.3, 0.4) is 0 Å². The molecule has 0 atom stereocenters. The van der Waals surface area contributed by atoms with E-state index in [1.54, 1.807) is 6.08 Å². The van der Waals surface area contributed by atoms with Gasteiger partial charge in [-0.1, -0.05) is 6.07 Å². The molecule has 0 saturated carbocycles. The molecule has 4 rings (SSSR count). The summed E-state index contributed by atoms with van der Waals surface area (Å²) in [6, 6.07) is 3.94. The third kappa shape index (κ3) is 3.91. The maximum absolute atomic E-state index is 13.6. The molecule has 1 aliphatic rings. The second-order valence-electron chi connectivity index (χ2n) is 7.44. The summed E-state index contributed by atoms with van der Waals surface area (Å²) in [6.45, 7) is 6.05. The number of hydrogen-bond donors (Lipinski definition) is 4. The number of nitrogens with one attached hydrogen (secondary N) is 4. The maximum atomic E-state index is 13.6. The number of halogens is 1. The molecule has 0 radical (unpaired) electrons. The zero-order valence-electron chi connectivity index (χ0n) is 16.6. The van der Waals surface area contributed by atoms with Gasteiger partial charge in [0, 0.05) is 36.1 Å². The van der Waals surface area contributed by atoms with Gasteiger partial charge in [0.1, 0.15) is 11.6 Å². The van der Waals surface area contributed by atoms with Crippen LogP contribution < -0.4 is 16.2 Å². The number of H-pyrrole nitrogens is 2. The molecule has 0 saturated heterocycles. The predicted molar refractivity (Wildman–Crippen MR) is 113 cm³/mol. The maximum Gasteiger partial charge on any atom is 0.261 e. The fourth-order valence-electron chi connectivity index (χ4n) is 3.37. The molecule has 3 aromatic rings. The van der Waals surface area contributed by atoms with Gasteiger partial charge in [0.2, 0.25) is 5.95 Å². The number of nitrogens with zero attached hydrogens (tertiary/aromatic N) is 2. The number of anilines is 2. The Bertz CT molecular complexity index is 1140. The lowest BCUT2D eigenvalue weighted by atomic mass is 10.0. The van der Waals surface area contributed by atoms with Gasteiger partial charge < -0.3 is 15.6 Å². The minimum Gasteiger partial charge on any atom is -0.365 e. The molecule has 4 N–H and O–H groups in total. The first-order chi connectivity index (χ1) is 13.9. The first-order valence-electron chi connectivity index (χ1n) is 9.53. The Labute approximate surface area is 167 Å². The Morgan fingerprint density at radius 3 is 2.83 bits per heavy atom. The van der Waals surface area contributed by atoms with Crippen molar-refractivity contribution in [3.63, 3.8) is 0 Å². The second kappa shape index (κ2) is 7.54. The Kier molecular flexibility index (Phi) is 4.92. The molecule has 4 heterocycles. The standard InChI is InChI=1S/C21H23FN6O/c1-11(2)26-21-25-10-17(20(29)28-21)18-5-4-13(12(3)27-18)6-14-8-23-19-16(14)7-15(22)9-24-19/h4-5,7-8,10-11,23-24H,6,9H2,1-3H3,(H2,25,26,28,29). The Hall–Kier alpha value is -3.42. The molecule has 0 spiro atoms. The van der Waals surface area contributed by atoms with Crippen LogP contribution in [-0.4, -0.2) is 32.5 Å². The number of hydrogen-bond acceptors (Lipinski definition) is 5. The van der Waals surface area contributed by atoms with Gasteiger partial charge in [0.15, 0.2) is 0 Å². The fourth-order valence-corrected chi connectivity index (χ4v) is 3.37. The van der Waals surface area contributed by atoms with Crippen LogP contribution in [0.5, 0.6) is 0 Å². The van der Waals surface area contributed by atoms with Crippen LogP contribution >= 0.6 is 0 Å². The van der Waals surface area contributed by atoms with E-state index in [0.29, 0.717) is 23.6 Å². The lowest BCUT2D eigenvalue weighted by Crippen LogP contribution is -2.18. The summed E-state index contributed by atoms with van der Waals surface area (Å²) in [4.78, 5) is 27.2. The molecule has 7 nitrogen and oxygen atoms in total. The minimum atomic E-state index is -0.241. The summed E-state index contributed by atoms with van der Waals surface area (Å²) in [5.41, 5.74) is 4.40. The van der Waals surface area contributed by atoms with E-state index in [9.17, 15) is 9.18 Å². The highest BCUT2D eigenvalue weighted by atomic mass is 19.1. The smallest absolute Gasteiger partial charge is 0.261 e. The first kappa shape index (κ1) is 18.9. The largest absolute Gasteiger partial charge is 0.365 e. The lowest BCUT2D eigenvalue weighted by Gasteiger charge is -2.12. The van der Waals surface area contributed by atoms with Crippen LogP contribution in [0.25, 0.3) is 17.3 Å². The van der Waals surface area contributed by atoms with Crippen molar-refractivity contribution in [2.45, 2.75) is 33.2 Å². The van der Waals surface area contributed by atoms with Crippen LogP contribution in [-0.2, 0) is 6.42 Å². The van der Waals surface area contributed by atoms with E-state index in [1.807, 2.05) is 39.1 Å². The Balaban J connectivity index is 1.60. The molecule has 0 bridgehead atoms. The van der Waals surface area contributed by atoms with Crippen LogP contribution in [0, 0.1) is 6.92 Å². The number of fused-ring (bicyclic) bond motifs is 1. The number of pyridine rings is 1. The van der Waals surface area contributed by atoms with E-state index >= 15 is 0 Å². The molecule has 29 heavy (non-hydrogen) atoms. The normalized spacial score (nSPS) is 13.1. The quantitative estimate of drug-likeness (QED) is 0.530. The Morgan fingerprint density at radius 2 is 2.10 bits per heavy atom. The van der Waals surface area contributed by atoms with Crippen molar-refractivity contribution in [2.24, 2.45) is 0 Å². The average Bonchev–Trinajstić information content (AvgIpc) is 3.05. The van der Waals surface area contributed by atoms with E-state index in [0.717, 1.165) is 28.2 Å². The molecule has 0 aromatic carbocycles. The van der Waals surface area contributed by atoms with Crippen LogP contribution in [0.1, 0.15) is 36.2 Å². The molecule has 0 amide bonds. The Morgan fingerprint density at radius 1 is 1.28 bits per heavy atom. The minimum absolute atomic E-state index is 0.168. The van der Waals surface area contributed by atoms with Crippen LogP contribution in [0.15, 0.2) is 35.1 Å². The molecular formula is C21H23FN6O.